The number of hydrogen-bond donors (Lipinski definition) is 2. The highest BCUT2D eigenvalue weighted by molar-refractivity contribution is 5.79. The van der Waals surface area contributed by atoms with E-state index in [1.807, 2.05) is 24.3 Å². The monoisotopic (exact) mass is 312 g/mol. The summed E-state index contributed by atoms with van der Waals surface area (Å²) in [7, 11) is 0. The van der Waals surface area contributed by atoms with E-state index in [0.29, 0.717) is 12.1 Å². The Kier molecular flexibility index (Phi) is 6.48. The van der Waals surface area contributed by atoms with Crippen LogP contribution >= 0.6 is 0 Å². The summed E-state index contributed by atoms with van der Waals surface area (Å²) >= 11 is 0. The van der Waals surface area contributed by atoms with Gasteiger partial charge in [0.2, 0.25) is 5.91 Å². The molecule has 2 aromatic rings. The molecule has 0 aliphatic carbocycles. The van der Waals surface area contributed by atoms with Gasteiger partial charge in [0.15, 0.2) is 0 Å². The van der Waals surface area contributed by atoms with Crippen molar-refractivity contribution in [1.82, 2.24) is 5.32 Å². The molecule has 0 saturated carbocycles. The minimum Gasteiger partial charge on any atom is -0.508 e. The summed E-state index contributed by atoms with van der Waals surface area (Å²) in [5.74, 6) is 0.109. The molecular weight excluding hydrogens is 288 g/mol. The number of hydrogen-bond acceptors (Lipinski definition) is 3. The molecule has 0 atom stereocenters. The van der Waals surface area contributed by atoms with Crippen molar-refractivity contribution in [3.8, 4) is 5.75 Å². The first-order valence-corrected chi connectivity index (χ1v) is 8.04. The molecule has 2 aromatic carbocycles. The van der Waals surface area contributed by atoms with Gasteiger partial charge in [0, 0.05) is 30.9 Å². The molecule has 0 unspecified atom stereocenters. The van der Waals surface area contributed by atoms with E-state index in [4.69, 9.17) is 0 Å². The van der Waals surface area contributed by atoms with Gasteiger partial charge >= 0.3 is 0 Å². The Labute approximate surface area is 137 Å². The fourth-order valence-corrected chi connectivity index (χ4v) is 2.50. The molecule has 0 aliphatic rings. The number of anilines is 1. The van der Waals surface area contributed by atoms with Crippen molar-refractivity contribution in [2.24, 2.45) is 0 Å². The van der Waals surface area contributed by atoms with E-state index in [1.165, 1.54) is 5.69 Å². The van der Waals surface area contributed by atoms with Gasteiger partial charge in [-0.05, 0) is 31.5 Å². The van der Waals surface area contributed by atoms with E-state index in [9.17, 15) is 9.90 Å². The molecule has 0 aliphatic heterocycles. The number of carbonyl (C=O) groups is 1. The number of rotatable bonds is 8. The first-order valence-electron chi connectivity index (χ1n) is 8.04. The van der Waals surface area contributed by atoms with Crippen molar-refractivity contribution < 1.29 is 9.90 Å². The van der Waals surface area contributed by atoms with Gasteiger partial charge in [0.25, 0.3) is 0 Å². The molecule has 122 valence electrons. The Morgan fingerprint density at radius 1 is 1.09 bits per heavy atom. The molecule has 4 nitrogen and oxygen atoms in total. The molecule has 0 radical (unpaired) electrons. The summed E-state index contributed by atoms with van der Waals surface area (Å²) in [6.07, 6.45) is 1.10. The first-order chi connectivity index (χ1) is 11.2. The lowest BCUT2D eigenvalue weighted by molar-refractivity contribution is -0.120. The number of amides is 1. The molecule has 0 fully saturated rings. The van der Waals surface area contributed by atoms with E-state index in [2.05, 4.69) is 29.3 Å². The molecule has 0 bridgehead atoms. The van der Waals surface area contributed by atoms with Crippen LogP contribution in [0.2, 0.25) is 0 Å². The van der Waals surface area contributed by atoms with Crippen molar-refractivity contribution >= 4 is 11.6 Å². The fraction of sp³-hybridized carbons (Fsp3) is 0.316. The normalized spacial score (nSPS) is 10.3. The Hall–Kier alpha value is -2.49. The predicted octanol–water partition coefficient (Wildman–Crippen LogP) is 2.97. The quantitative estimate of drug-likeness (QED) is 0.737. The topological polar surface area (TPSA) is 52.6 Å². The van der Waals surface area contributed by atoms with Gasteiger partial charge < -0.3 is 15.3 Å². The number of nitrogens with one attached hydrogen (secondary N) is 1. The third kappa shape index (κ3) is 5.33. The van der Waals surface area contributed by atoms with E-state index in [-0.39, 0.29) is 18.1 Å². The Bertz CT molecular complexity index is 614. The highest BCUT2D eigenvalue weighted by Crippen LogP contribution is 2.16. The molecule has 0 spiro atoms. The zero-order chi connectivity index (χ0) is 16.5. The Morgan fingerprint density at radius 3 is 2.48 bits per heavy atom. The van der Waals surface area contributed by atoms with Gasteiger partial charge in [-0.3, -0.25) is 4.79 Å². The van der Waals surface area contributed by atoms with Crippen LogP contribution in [0.15, 0.2) is 54.6 Å². The molecule has 2 N–H and O–H groups in total. The van der Waals surface area contributed by atoms with E-state index < -0.39 is 0 Å². The van der Waals surface area contributed by atoms with E-state index >= 15 is 0 Å². The molecule has 0 aromatic heterocycles. The van der Waals surface area contributed by atoms with Crippen LogP contribution in [0.1, 0.15) is 18.9 Å². The van der Waals surface area contributed by atoms with Gasteiger partial charge in [-0.15, -0.1) is 0 Å². The zero-order valence-corrected chi connectivity index (χ0v) is 13.5. The van der Waals surface area contributed by atoms with Gasteiger partial charge in [0.1, 0.15) is 5.75 Å². The Morgan fingerprint density at radius 2 is 1.78 bits per heavy atom. The highest BCUT2D eigenvalue weighted by atomic mass is 16.3. The van der Waals surface area contributed by atoms with Crippen LogP contribution < -0.4 is 10.2 Å². The second-order valence-corrected chi connectivity index (χ2v) is 5.42. The van der Waals surface area contributed by atoms with Crippen LogP contribution in [0.4, 0.5) is 5.69 Å². The maximum atomic E-state index is 11.9. The van der Waals surface area contributed by atoms with Crippen LogP contribution in [0.25, 0.3) is 0 Å². The number of nitrogens with zero attached hydrogens (tertiary/aromatic N) is 1. The number of benzene rings is 2. The summed E-state index contributed by atoms with van der Waals surface area (Å²) in [6, 6.07) is 17.2. The summed E-state index contributed by atoms with van der Waals surface area (Å²) in [5.41, 5.74) is 1.86. The molecule has 2 rings (SSSR count). The van der Waals surface area contributed by atoms with Gasteiger partial charge in [-0.25, -0.2) is 0 Å². The van der Waals surface area contributed by atoms with Crippen LogP contribution in [0.3, 0.4) is 0 Å². The second kappa shape index (κ2) is 8.83. The first kappa shape index (κ1) is 16.9. The minimum absolute atomic E-state index is 0.0609. The molecule has 23 heavy (non-hydrogen) atoms. The molecule has 4 heteroatoms. The molecule has 1 amide bonds. The van der Waals surface area contributed by atoms with Gasteiger partial charge in [-0.2, -0.15) is 0 Å². The standard InChI is InChI=1S/C19H24N2O2/c1-2-21(17-10-4-3-5-11-17)14-8-13-20-19(23)15-16-9-6-7-12-18(16)22/h3-7,9-12,22H,2,8,13-15H2,1H3,(H,20,23). The Balaban J connectivity index is 1.72. The number of carbonyl (C=O) groups excluding carboxylic acids is 1. The van der Waals surface area contributed by atoms with Crippen molar-refractivity contribution in [1.29, 1.82) is 0 Å². The van der Waals surface area contributed by atoms with Crippen molar-refractivity contribution in [3.63, 3.8) is 0 Å². The zero-order valence-electron chi connectivity index (χ0n) is 13.5. The van der Waals surface area contributed by atoms with Gasteiger partial charge in [0.05, 0.1) is 6.42 Å². The minimum atomic E-state index is -0.0609. The van der Waals surface area contributed by atoms with E-state index in [0.717, 1.165) is 19.5 Å². The number of phenols is 1. The lowest BCUT2D eigenvalue weighted by Gasteiger charge is -2.23. The fourth-order valence-electron chi connectivity index (χ4n) is 2.50. The number of aromatic hydroxyl groups is 1. The molecule has 0 saturated heterocycles. The van der Waals surface area contributed by atoms with Gasteiger partial charge in [-0.1, -0.05) is 36.4 Å². The van der Waals surface area contributed by atoms with Crippen molar-refractivity contribution in [2.45, 2.75) is 19.8 Å². The number of para-hydroxylation sites is 2. The summed E-state index contributed by atoms with van der Waals surface area (Å²) in [4.78, 5) is 14.2. The predicted molar refractivity (Wildman–Crippen MR) is 93.8 cm³/mol. The second-order valence-electron chi connectivity index (χ2n) is 5.42. The molecular formula is C19H24N2O2. The molecule has 0 heterocycles. The maximum Gasteiger partial charge on any atom is 0.224 e. The average Bonchev–Trinajstić information content (AvgIpc) is 2.58. The number of phenolic OH excluding ortho intramolecular Hbond substituents is 1. The van der Waals surface area contributed by atoms with Crippen LogP contribution in [0.5, 0.6) is 5.75 Å². The summed E-state index contributed by atoms with van der Waals surface area (Å²) < 4.78 is 0. The summed E-state index contributed by atoms with van der Waals surface area (Å²) in [5, 5.41) is 12.6. The van der Waals surface area contributed by atoms with E-state index in [1.54, 1.807) is 18.2 Å². The maximum absolute atomic E-state index is 11.9. The average molecular weight is 312 g/mol. The highest BCUT2D eigenvalue weighted by Gasteiger charge is 2.07. The largest absolute Gasteiger partial charge is 0.508 e. The van der Waals surface area contributed by atoms with Crippen LogP contribution in [-0.2, 0) is 11.2 Å². The smallest absolute Gasteiger partial charge is 0.224 e. The van der Waals surface area contributed by atoms with Crippen molar-refractivity contribution in [3.05, 3.63) is 60.2 Å². The van der Waals surface area contributed by atoms with Crippen LogP contribution in [-0.4, -0.2) is 30.6 Å². The summed E-state index contributed by atoms with van der Waals surface area (Å²) in [6.45, 7) is 4.60. The lowest BCUT2D eigenvalue weighted by Crippen LogP contribution is -2.30. The van der Waals surface area contributed by atoms with Crippen molar-refractivity contribution in [2.75, 3.05) is 24.5 Å². The van der Waals surface area contributed by atoms with Crippen LogP contribution in [0, 0.1) is 0 Å². The third-order valence-corrected chi connectivity index (χ3v) is 3.77. The third-order valence-electron chi connectivity index (χ3n) is 3.77. The SMILES string of the molecule is CCN(CCCNC(=O)Cc1ccccc1O)c1ccccc1. The lowest BCUT2D eigenvalue weighted by atomic mass is 10.1.